The van der Waals surface area contributed by atoms with Crippen LogP contribution in [-0.4, -0.2) is 78.1 Å². The van der Waals surface area contributed by atoms with E-state index in [9.17, 15) is 27.0 Å². The maximum Gasteiger partial charge on any atom is 0.343 e. The zero-order valence-corrected chi connectivity index (χ0v) is 19.1. The molecule has 2 heterocycles. The molecule has 33 heavy (non-hydrogen) atoms. The highest BCUT2D eigenvalue weighted by Gasteiger charge is 2.63. The molecule has 0 amide bonds. The van der Waals surface area contributed by atoms with Gasteiger partial charge in [0.2, 0.25) is 0 Å². The molecule has 4 fully saturated rings. The molecule has 0 aromatic rings. The lowest BCUT2D eigenvalue weighted by atomic mass is 9.63. The van der Waals surface area contributed by atoms with Crippen LogP contribution >= 0.6 is 0 Å². The number of ether oxygens (including phenoxy) is 2. The first-order valence-electron chi connectivity index (χ1n) is 11.7. The Labute approximate surface area is 191 Å². The van der Waals surface area contributed by atoms with Crippen LogP contribution in [0.15, 0.2) is 11.8 Å². The highest BCUT2D eigenvalue weighted by atomic mass is 32.2. The van der Waals surface area contributed by atoms with E-state index in [0.29, 0.717) is 12.8 Å². The van der Waals surface area contributed by atoms with Gasteiger partial charge in [0.05, 0.1) is 30.0 Å². The summed E-state index contributed by atoms with van der Waals surface area (Å²) in [7, 11) is -4.37. The first-order valence-corrected chi connectivity index (χ1v) is 13.2. The van der Waals surface area contributed by atoms with Gasteiger partial charge in [0, 0.05) is 12.1 Å². The first-order chi connectivity index (χ1) is 15.6. The average Bonchev–Trinajstić information content (AvgIpc) is 2.77. The van der Waals surface area contributed by atoms with Crippen molar-refractivity contribution in [2.75, 3.05) is 6.61 Å². The lowest BCUT2D eigenvalue weighted by Crippen LogP contribution is -2.73. The number of alkyl halides is 2. The predicted molar refractivity (Wildman–Crippen MR) is 111 cm³/mol. The van der Waals surface area contributed by atoms with Crippen LogP contribution in [0.5, 0.6) is 0 Å². The average molecular weight is 490 g/mol. The molecule has 11 heteroatoms. The molecule has 184 valence electrons. The molecule has 10 atom stereocenters. The first kappa shape index (κ1) is 23.2. The van der Waals surface area contributed by atoms with Gasteiger partial charge in [0.1, 0.15) is 17.8 Å². The third-order valence-electron chi connectivity index (χ3n) is 8.30. The van der Waals surface area contributed by atoms with E-state index in [1.54, 1.807) is 11.8 Å². The van der Waals surface area contributed by atoms with E-state index in [0.717, 1.165) is 12.8 Å². The van der Waals surface area contributed by atoms with Crippen molar-refractivity contribution in [3.05, 3.63) is 11.8 Å². The smallest absolute Gasteiger partial charge is 0.343 e. The van der Waals surface area contributed by atoms with Gasteiger partial charge in [-0.15, -0.1) is 0 Å². The fourth-order valence-electron chi connectivity index (χ4n) is 7.06. The number of fused-ring (bicyclic) bond motifs is 4. The highest BCUT2D eigenvalue weighted by Crippen LogP contribution is 2.52. The van der Waals surface area contributed by atoms with Gasteiger partial charge in [-0.25, -0.2) is 13.6 Å². The Morgan fingerprint density at radius 2 is 1.91 bits per heavy atom. The quantitative estimate of drug-likeness (QED) is 0.364. The van der Waals surface area contributed by atoms with Crippen LogP contribution in [0.3, 0.4) is 0 Å². The highest BCUT2D eigenvalue weighted by molar-refractivity contribution is 7.86. The van der Waals surface area contributed by atoms with Crippen molar-refractivity contribution in [2.45, 2.75) is 87.3 Å². The standard InChI is InChI=1S/C22H29F2NO7S/c1-2-31-22(27)13-9-25-18-11-6-4-3-5-10(11)16(33(28,29)30)8-15(18)32-21-17(24)14(23)7-12(19(21)25)20(13)26/h9-12,14-19,21H,2-8H2,1H3,(H,28,29,30). The van der Waals surface area contributed by atoms with Gasteiger partial charge in [0.25, 0.3) is 10.1 Å². The third kappa shape index (κ3) is 3.61. The molecule has 0 aromatic carbocycles. The number of rotatable bonds is 3. The van der Waals surface area contributed by atoms with E-state index in [1.165, 1.54) is 6.20 Å². The molecule has 8 nitrogen and oxygen atoms in total. The van der Waals surface area contributed by atoms with Gasteiger partial charge in [-0.3, -0.25) is 9.35 Å². The molecular weight excluding hydrogens is 460 g/mol. The number of hydrogen-bond acceptors (Lipinski definition) is 7. The van der Waals surface area contributed by atoms with Crippen LogP contribution in [-0.2, 0) is 29.2 Å². The number of hydrogen-bond donors (Lipinski definition) is 1. The van der Waals surface area contributed by atoms with Crippen molar-refractivity contribution in [3.8, 4) is 0 Å². The zero-order chi connectivity index (χ0) is 23.7. The minimum atomic E-state index is -4.37. The van der Waals surface area contributed by atoms with E-state index in [2.05, 4.69) is 0 Å². The Balaban J connectivity index is 1.61. The summed E-state index contributed by atoms with van der Waals surface area (Å²) in [6.07, 6.45) is -1.96. The van der Waals surface area contributed by atoms with Gasteiger partial charge < -0.3 is 14.4 Å². The van der Waals surface area contributed by atoms with E-state index < -0.39 is 69.7 Å². The van der Waals surface area contributed by atoms with Gasteiger partial charge in [-0.2, -0.15) is 8.42 Å². The molecule has 3 aliphatic carbocycles. The molecule has 1 N–H and O–H groups in total. The van der Waals surface area contributed by atoms with Crippen LogP contribution in [0.25, 0.3) is 0 Å². The fraction of sp³-hybridized carbons (Fsp3) is 0.818. The number of nitrogens with zero attached hydrogens (tertiary/aromatic N) is 1. The van der Waals surface area contributed by atoms with Gasteiger partial charge in [0.15, 0.2) is 12.0 Å². The summed E-state index contributed by atoms with van der Waals surface area (Å²) in [4.78, 5) is 27.5. The van der Waals surface area contributed by atoms with Crippen LogP contribution in [0.2, 0.25) is 0 Å². The Bertz CT molecular complexity index is 972. The van der Waals surface area contributed by atoms with Crippen molar-refractivity contribution in [1.29, 1.82) is 0 Å². The minimum absolute atomic E-state index is 0.0464. The van der Waals surface area contributed by atoms with E-state index in [1.807, 2.05) is 0 Å². The molecule has 0 aromatic heterocycles. The molecule has 5 rings (SSSR count). The summed E-state index contributed by atoms with van der Waals surface area (Å²) in [6.45, 7) is 1.68. The molecule has 3 saturated carbocycles. The summed E-state index contributed by atoms with van der Waals surface area (Å²) < 4.78 is 75.2. The van der Waals surface area contributed by atoms with E-state index >= 15 is 4.39 Å². The van der Waals surface area contributed by atoms with Crippen molar-refractivity contribution in [2.24, 2.45) is 17.8 Å². The number of halogens is 2. The molecule has 0 bridgehead atoms. The van der Waals surface area contributed by atoms with Gasteiger partial charge >= 0.3 is 5.97 Å². The topological polar surface area (TPSA) is 110 Å². The van der Waals surface area contributed by atoms with Gasteiger partial charge in [-0.1, -0.05) is 12.8 Å². The van der Waals surface area contributed by atoms with Crippen LogP contribution in [0.4, 0.5) is 8.78 Å². The molecule has 0 spiro atoms. The monoisotopic (exact) mass is 489 g/mol. The second-order valence-corrected chi connectivity index (χ2v) is 11.5. The minimum Gasteiger partial charge on any atom is -0.462 e. The number of esters is 1. The lowest BCUT2D eigenvalue weighted by molar-refractivity contribution is -0.225. The number of morpholine rings is 1. The molecule has 10 unspecified atom stereocenters. The third-order valence-corrected chi connectivity index (χ3v) is 9.61. The molecule has 2 aliphatic heterocycles. The maximum atomic E-state index is 15.0. The fourth-order valence-corrected chi connectivity index (χ4v) is 8.27. The summed E-state index contributed by atoms with van der Waals surface area (Å²) >= 11 is 0. The second-order valence-electron chi connectivity index (χ2n) is 9.90. The Morgan fingerprint density at radius 1 is 1.21 bits per heavy atom. The van der Waals surface area contributed by atoms with Crippen molar-refractivity contribution in [1.82, 2.24) is 4.90 Å². The van der Waals surface area contributed by atoms with Crippen LogP contribution in [0, 0.1) is 17.8 Å². The van der Waals surface area contributed by atoms with Crippen molar-refractivity contribution in [3.63, 3.8) is 0 Å². The van der Waals surface area contributed by atoms with Crippen molar-refractivity contribution >= 4 is 21.9 Å². The van der Waals surface area contributed by atoms with Crippen LogP contribution < -0.4 is 0 Å². The lowest BCUT2D eigenvalue weighted by Gasteiger charge is -2.61. The predicted octanol–water partition coefficient (Wildman–Crippen LogP) is 1.99. The maximum absolute atomic E-state index is 15.0. The summed E-state index contributed by atoms with van der Waals surface area (Å²) in [5.41, 5.74) is -0.189. The molecule has 0 radical (unpaired) electrons. The number of Topliss-reactive ketones (excluding diaryl/α,β-unsaturated/α-hetero) is 1. The SMILES string of the molecule is CCOC(=O)C1=CN2C3C(CC(S(=O)(=O)O)C4CCCCC43)OC3C(F)C(F)CC(C1=O)C32. The largest absolute Gasteiger partial charge is 0.462 e. The van der Waals surface area contributed by atoms with E-state index in [4.69, 9.17) is 9.47 Å². The summed E-state index contributed by atoms with van der Waals surface area (Å²) in [5.74, 6) is -2.83. The second kappa shape index (κ2) is 8.27. The Kier molecular flexibility index (Phi) is 5.80. The zero-order valence-electron chi connectivity index (χ0n) is 18.3. The number of carbonyl (C=O) groups is 2. The Hall–Kier alpha value is -1.59. The van der Waals surface area contributed by atoms with E-state index in [-0.39, 0.29) is 36.9 Å². The molecular formula is C22H29F2NO7S. The van der Waals surface area contributed by atoms with Crippen LogP contribution in [0.1, 0.15) is 45.4 Å². The molecule has 5 aliphatic rings. The number of ketones is 1. The van der Waals surface area contributed by atoms with Gasteiger partial charge in [-0.05, 0) is 44.4 Å². The molecule has 1 saturated heterocycles. The normalized spacial score (nSPS) is 44.8. The van der Waals surface area contributed by atoms with Crippen molar-refractivity contribution < 1.29 is 40.8 Å². The summed E-state index contributed by atoms with van der Waals surface area (Å²) in [6, 6.07) is -1.18. The Morgan fingerprint density at radius 3 is 2.58 bits per heavy atom. The number of carbonyl (C=O) groups excluding carboxylic acids is 2. The summed E-state index contributed by atoms with van der Waals surface area (Å²) in [5, 5.41) is -1.04.